The molecule has 0 radical (unpaired) electrons. The Morgan fingerprint density at radius 1 is 1.10 bits per heavy atom. The molecule has 0 saturated heterocycles. The van der Waals surface area contributed by atoms with Gasteiger partial charge in [0, 0.05) is 11.4 Å². The first-order valence-electron chi connectivity index (χ1n) is 6.20. The van der Waals surface area contributed by atoms with E-state index in [2.05, 4.69) is 0 Å². The molecule has 20 heavy (non-hydrogen) atoms. The van der Waals surface area contributed by atoms with E-state index in [0.717, 1.165) is 11.3 Å². The zero-order valence-electron chi connectivity index (χ0n) is 11.1. The summed E-state index contributed by atoms with van der Waals surface area (Å²) in [7, 11) is 1.60. The number of halogens is 1. The van der Waals surface area contributed by atoms with Crippen molar-refractivity contribution in [1.29, 1.82) is 0 Å². The van der Waals surface area contributed by atoms with Crippen LogP contribution in [0.2, 0.25) is 5.02 Å². The molecular weight excluding hydrogens is 276 g/mol. The van der Waals surface area contributed by atoms with Gasteiger partial charge < -0.3 is 9.47 Å². The fourth-order valence-corrected chi connectivity index (χ4v) is 1.96. The molecule has 0 amide bonds. The Hall–Kier alpha value is -2.00. The van der Waals surface area contributed by atoms with Gasteiger partial charge in [-0.05, 0) is 35.9 Å². The summed E-state index contributed by atoms with van der Waals surface area (Å²) >= 11 is 5.84. The highest BCUT2D eigenvalue weighted by atomic mass is 35.5. The van der Waals surface area contributed by atoms with Gasteiger partial charge in [-0.2, -0.15) is 0 Å². The molecule has 0 fully saturated rings. The van der Waals surface area contributed by atoms with Crippen molar-refractivity contribution in [3.63, 3.8) is 0 Å². The molecule has 2 aromatic rings. The average molecular weight is 291 g/mol. The molecule has 0 aliphatic heterocycles. The van der Waals surface area contributed by atoms with Crippen molar-refractivity contribution in [3.8, 4) is 11.5 Å². The van der Waals surface area contributed by atoms with Gasteiger partial charge in [-0.3, -0.25) is 4.79 Å². The molecule has 4 heteroatoms. The summed E-state index contributed by atoms with van der Waals surface area (Å²) in [6.45, 7) is 0.0253. The van der Waals surface area contributed by atoms with E-state index in [-0.39, 0.29) is 12.4 Å². The summed E-state index contributed by atoms with van der Waals surface area (Å²) in [5, 5.41) is 0.586. The Labute approximate surface area is 123 Å². The first-order valence-corrected chi connectivity index (χ1v) is 6.58. The van der Waals surface area contributed by atoms with Gasteiger partial charge in [0.1, 0.15) is 18.1 Å². The molecule has 0 N–H and O–H groups in total. The maximum atomic E-state index is 11.9. The van der Waals surface area contributed by atoms with E-state index in [0.29, 0.717) is 17.2 Å². The molecule has 0 aromatic heterocycles. The SMILES string of the molecule is COc1cccc(CC(=O)COc2cccc(Cl)c2)c1. The second-order valence-electron chi connectivity index (χ2n) is 4.31. The standard InChI is InChI=1S/C16H15ClO3/c1-19-15-6-2-4-12(9-15)8-14(18)11-20-16-7-3-5-13(17)10-16/h2-7,9-10H,8,11H2,1H3. The normalized spacial score (nSPS) is 10.1. The van der Waals surface area contributed by atoms with Crippen LogP contribution in [0.25, 0.3) is 0 Å². The van der Waals surface area contributed by atoms with Gasteiger partial charge in [0.05, 0.1) is 7.11 Å². The third-order valence-corrected chi connectivity index (χ3v) is 2.97. The van der Waals surface area contributed by atoms with Gasteiger partial charge in [-0.15, -0.1) is 0 Å². The smallest absolute Gasteiger partial charge is 0.174 e. The van der Waals surface area contributed by atoms with Crippen molar-refractivity contribution in [3.05, 3.63) is 59.1 Å². The number of hydrogen-bond donors (Lipinski definition) is 0. The molecule has 0 aliphatic carbocycles. The minimum atomic E-state index is -0.00164. The second kappa shape index (κ2) is 6.96. The number of ether oxygens (including phenoxy) is 2. The molecule has 0 saturated carbocycles. The summed E-state index contributed by atoms with van der Waals surface area (Å²) < 4.78 is 10.5. The first kappa shape index (κ1) is 14.4. The van der Waals surface area contributed by atoms with Gasteiger partial charge in [0.25, 0.3) is 0 Å². The van der Waals surface area contributed by atoms with Crippen LogP contribution >= 0.6 is 11.6 Å². The molecule has 0 spiro atoms. The molecule has 0 atom stereocenters. The molecule has 0 heterocycles. The predicted octanol–water partition coefficient (Wildman–Crippen LogP) is 3.54. The van der Waals surface area contributed by atoms with Gasteiger partial charge >= 0.3 is 0 Å². The Balaban J connectivity index is 1.89. The fraction of sp³-hybridized carbons (Fsp3) is 0.188. The monoisotopic (exact) mass is 290 g/mol. The lowest BCUT2D eigenvalue weighted by molar-refractivity contribution is -0.120. The number of benzene rings is 2. The van der Waals surface area contributed by atoms with E-state index in [1.165, 1.54) is 0 Å². The first-order chi connectivity index (χ1) is 9.67. The topological polar surface area (TPSA) is 35.5 Å². The van der Waals surface area contributed by atoms with Crippen LogP contribution in [-0.2, 0) is 11.2 Å². The van der Waals surface area contributed by atoms with Crippen LogP contribution in [0.4, 0.5) is 0 Å². The quantitative estimate of drug-likeness (QED) is 0.816. The summed E-state index contributed by atoms with van der Waals surface area (Å²) in [4.78, 5) is 11.9. The Morgan fingerprint density at radius 3 is 2.60 bits per heavy atom. The Morgan fingerprint density at radius 2 is 1.85 bits per heavy atom. The number of hydrogen-bond acceptors (Lipinski definition) is 3. The highest BCUT2D eigenvalue weighted by Gasteiger charge is 2.06. The lowest BCUT2D eigenvalue weighted by Crippen LogP contribution is -2.13. The van der Waals surface area contributed by atoms with E-state index in [4.69, 9.17) is 21.1 Å². The molecule has 0 unspecified atom stereocenters. The summed E-state index contributed by atoms with van der Waals surface area (Å²) in [5.41, 5.74) is 0.907. The van der Waals surface area contributed by atoms with Crippen molar-refractivity contribution in [1.82, 2.24) is 0 Å². The largest absolute Gasteiger partial charge is 0.497 e. The predicted molar refractivity (Wildman–Crippen MR) is 78.7 cm³/mol. The van der Waals surface area contributed by atoms with E-state index < -0.39 is 0 Å². The van der Waals surface area contributed by atoms with Gasteiger partial charge in [0.2, 0.25) is 0 Å². The van der Waals surface area contributed by atoms with E-state index >= 15 is 0 Å². The maximum absolute atomic E-state index is 11.9. The molecule has 104 valence electrons. The van der Waals surface area contributed by atoms with Gasteiger partial charge in [-0.25, -0.2) is 0 Å². The number of methoxy groups -OCH3 is 1. The second-order valence-corrected chi connectivity index (χ2v) is 4.75. The highest BCUT2D eigenvalue weighted by Crippen LogP contribution is 2.17. The number of carbonyl (C=O) groups is 1. The van der Waals surface area contributed by atoms with Crippen LogP contribution in [0.5, 0.6) is 11.5 Å². The van der Waals surface area contributed by atoms with Gasteiger partial charge in [-0.1, -0.05) is 29.8 Å². The third kappa shape index (κ3) is 4.28. The molecule has 2 rings (SSSR count). The molecule has 0 aliphatic rings. The van der Waals surface area contributed by atoms with Crippen molar-refractivity contribution >= 4 is 17.4 Å². The lowest BCUT2D eigenvalue weighted by Gasteiger charge is -2.07. The molecule has 0 bridgehead atoms. The fourth-order valence-electron chi connectivity index (χ4n) is 1.78. The van der Waals surface area contributed by atoms with E-state index in [1.54, 1.807) is 31.4 Å². The van der Waals surface area contributed by atoms with Gasteiger partial charge in [0.15, 0.2) is 5.78 Å². The maximum Gasteiger partial charge on any atom is 0.174 e. The molecular formula is C16H15ClO3. The van der Waals surface area contributed by atoms with Crippen molar-refractivity contribution < 1.29 is 14.3 Å². The van der Waals surface area contributed by atoms with Crippen molar-refractivity contribution in [2.45, 2.75) is 6.42 Å². The number of carbonyl (C=O) groups excluding carboxylic acids is 1. The summed E-state index contributed by atoms with van der Waals surface area (Å²) in [5.74, 6) is 1.33. The van der Waals surface area contributed by atoms with Crippen LogP contribution in [0.1, 0.15) is 5.56 Å². The van der Waals surface area contributed by atoms with Crippen LogP contribution in [0.3, 0.4) is 0 Å². The Kier molecular flexibility index (Phi) is 5.02. The van der Waals surface area contributed by atoms with E-state index in [9.17, 15) is 4.79 Å². The van der Waals surface area contributed by atoms with Crippen LogP contribution in [0, 0.1) is 0 Å². The number of Topliss-reactive ketones (excluding diaryl/α,β-unsaturated/α-hetero) is 1. The van der Waals surface area contributed by atoms with Crippen LogP contribution in [0.15, 0.2) is 48.5 Å². The minimum absolute atomic E-state index is 0.00164. The number of rotatable bonds is 6. The number of ketones is 1. The lowest BCUT2D eigenvalue weighted by atomic mass is 10.1. The van der Waals surface area contributed by atoms with Crippen molar-refractivity contribution in [2.24, 2.45) is 0 Å². The minimum Gasteiger partial charge on any atom is -0.497 e. The van der Waals surface area contributed by atoms with Crippen LogP contribution in [-0.4, -0.2) is 19.5 Å². The zero-order chi connectivity index (χ0) is 14.4. The summed E-state index contributed by atoms with van der Waals surface area (Å²) in [6, 6.07) is 14.4. The average Bonchev–Trinajstić information content (AvgIpc) is 2.45. The van der Waals surface area contributed by atoms with E-state index in [1.807, 2.05) is 24.3 Å². The van der Waals surface area contributed by atoms with Crippen LogP contribution < -0.4 is 9.47 Å². The Bertz CT molecular complexity index is 596. The zero-order valence-corrected chi connectivity index (χ0v) is 11.9. The highest BCUT2D eigenvalue weighted by molar-refractivity contribution is 6.30. The van der Waals surface area contributed by atoms with Crippen molar-refractivity contribution in [2.75, 3.05) is 13.7 Å². The summed E-state index contributed by atoms with van der Waals surface area (Å²) in [6.07, 6.45) is 0.317. The third-order valence-electron chi connectivity index (χ3n) is 2.73. The molecule has 2 aromatic carbocycles. The molecule has 3 nitrogen and oxygen atoms in total.